The molecule has 0 saturated heterocycles. The molecule has 0 spiro atoms. The molecule has 0 bridgehead atoms. The lowest BCUT2D eigenvalue weighted by atomic mass is 10.2. The van der Waals surface area contributed by atoms with Crippen LogP contribution in [0, 0.1) is 0 Å². The predicted octanol–water partition coefficient (Wildman–Crippen LogP) is 2.17. The number of amides is 1. The second kappa shape index (κ2) is 6.39. The molecular weight excluding hydrogens is 308 g/mol. The van der Waals surface area contributed by atoms with Gasteiger partial charge in [0.25, 0.3) is 5.91 Å². The topological polar surface area (TPSA) is 41.6 Å². The number of nitrogens with zero attached hydrogens (tertiary/aromatic N) is 1. The Hall–Kier alpha value is -1.07. The van der Waals surface area contributed by atoms with Crippen LogP contribution in [0.15, 0.2) is 22.7 Å². The summed E-state index contributed by atoms with van der Waals surface area (Å²) in [4.78, 5) is 13.7. The van der Waals surface area contributed by atoms with Gasteiger partial charge in [0.2, 0.25) is 0 Å². The largest absolute Gasteiger partial charge is 0.483 e. The fourth-order valence-corrected chi connectivity index (χ4v) is 2.33. The number of rotatable bonds is 6. The molecule has 0 radical (unpaired) electrons. The van der Waals surface area contributed by atoms with Crippen LogP contribution in [-0.4, -0.2) is 37.6 Å². The van der Waals surface area contributed by atoms with E-state index in [1.54, 1.807) is 4.90 Å². The van der Waals surface area contributed by atoms with Crippen molar-refractivity contribution in [3.05, 3.63) is 28.2 Å². The van der Waals surface area contributed by atoms with Crippen LogP contribution in [-0.2, 0) is 11.3 Å². The first-order valence-corrected chi connectivity index (χ1v) is 7.22. The van der Waals surface area contributed by atoms with Gasteiger partial charge in [-0.05, 0) is 38.1 Å². The molecule has 1 aromatic carbocycles. The molecule has 0 atom stereocenters. The zero-order chi connectivity index (χ0) is 13.8. The first kappa shape index (κ1) is 14.3. The molecule has 1 aromatic rings. The van der Waals surface area contributed by atoms with Gasteiger partial charge in [0.1, 0.15) is 5.75 Å². The molecule has 0 aromatic heterocycles. The predicted molar refractivity (Wildman–Crippen MR) is 78.2 cm³/mol. The first-order chi connectivity index (χ1) is 9.11. The second-order valence-electron chi connectivity index (χ2n) is 4.81. The van der Waals surface area contributed by atoms with E-state index in [4.69, 9.17) is 4.74 Å². The fraction of sp³-hybridized carbons (Fsp3) is 0.500. The monoisotopic (exact) mass is 326 g/mol. The number of carbonyl (C=O) groups excluding carboxylic acids is 1. The number of likely N-dealkylation sites (N-methyl/N-ethyl adjacent to an activating group) is 1. The molecule has 0 heterocycles. The van der Waals surface area contributed by atoms with Crippen LogP contribution >= 0.6 is 15.9 Å². The molecule has 1 fully saturated rings. The fourth-order valence-electron chi connectivity index (χ4n) is 1.92. The maximum absolute atomic E-state index is 11.9. The van der Waals surface area contributed by atoms with Crippen molar-refractivity contribution in [2.45, 2.75) is 25.4 Å². The van der Waals surface area contributed by atoms with Crippen LogP contribution in [0.2, 0.25) is 0 Å². The van der Waals surface area contributed by atoms with Gasteiger partial charge in [-0.3, -0.25) is 4.79 Å². The summed E-state index contributed by atoms with van der Waals surface area (Å²) in [6.45, 7) is 0.812. The second-order valence-corrected chi connectivity index (χ2v) is 5.72. The van der Waals surface area contributed by atoms with E-state index < -0.39 is 0 Å². The van der Waals surface area contributed by atoms with Crippen LogP contribution in [0.3, 0.4) is 0 Å². The number of halogens is 1. The van der Waals surface area contributed by atoms with Gasteiger partial charge in [0, 0.05) is 29.7 Å². The van der Waals surface area contributed by atoms with Crippen molar-refractivity contribution in [3.8, 4) is 5.75 Å². The lowest BCUT2D eigenvalue weighted by molar-refractivity contribution is -0.132. The number of hydrogen-bond acceptors (Lipinski definition) is 3. The molecule has 104 valence electrons. The Morgan fingerprint density at radius 2 is 2.26 bits per heavy atom. The number of benzene rings is 1. The highest BCUT2D eigenvalue weighted by atomic mass is 79.9. The normalized spacial score (nSPS) is 14.3. The average Bonchev–Trinajstić information content (AvgIpc) is 3.21. The van der Waals surface area contributed by atoms with Gasteiger partial charge < -0.3 is 15.0 Å². The third-order valence-corrected chi connectivity index (χ3v) is 3.72. The van der Waals surface area contributed by atoms with E-state index in [1.165, 1.54) is 0 Å². The van der Waals surface area contributed by atoms with Crippen LogP contribution in [0.25, 0.3) is 0 Å². The Balaban J connectivity index is 1.96. The van der Waals surface area contributed by atoms with Crippen molar-refractivity contribution in [2.75, 3.05) is 20.7 Å². The summed E-state index contributed by atoms with van der Waals surface area (Å²) in [5.74, 6) is 0.802. The smallest absolute Gasteiger partial charge is 0.260 e. The van der Waals surface area contributed by atoms with E-state index in [1.807, 2.05) is 32.3 Å². The summed E-state index contributed by atoms with van der Waals surface area (Å²) in [6, 6.07) is 6.24. The van der Waals surface area contributed by atoms with E-state index >= 15 is 0 Å². The Kier molecular flexibility index (Phi) is 4.82. The van der Waals surface area contributed by atoms with Gasteiger partial charge in [-0.15, -0.1) is 0 Å². The van der Waals surface area contributed by atoms with Crippen molar-refractivity contribution in [1.82, 2.24) is 10.2 Å². The average molecular weight is 327 g/mol. The molecular formula is C14H19BrN2O2. The minimum Gasteiger partial charge on any atom is -0.483 e. The van der Waals surface area contributed by atoms with E-state index in [-0.39, 0.29) is 12.5 Å². The molecule has 1 aliphatic carbocycles. The lowest BCUT2D eigenvalue weighted by Crippen LogP contribution is -2.33. The minimum atomic E-state index is 0.0424. The molecule has 1 saturated carbocycles. The minimum absolute atomic E-state index is 0.0424. The summed E-state index contributed by atoms with van der Waals surface area (Å²) in [5.41, 5.74) is 1.04. The molecule has 4 nitrogen and oxygen atoms in total. The van der Waals surface area contributed by atoms with E-state index in [2.05, 4.69) is 21.2 Å². The van der Waals surface area contributed by atoms with Gasteiger partial charge in [-0.1, -0.05) is 15.9 Å². The third kappa shape index (κ3) is 3.94. The summed E-state index contributed by atoms with van der Waals surface area (Å²) in [5, 5.41) is 3.09. The van der Waals surface area contributed by atoms with Crippen molar-refractivity contribution < 1.29 is 9.53 Å². The maximum Gasteiger partial charge on any atom is 0.260 e. The molecule has 1 N–H and O–H groups in total. The summed E-state index contributed by atoms with van der Waals surface area (Å²) in [6.07, 6.45) is 2.23. The highest BCUT2D eigenvalue weighted by molar-refractivity contribution is 9.10. The maximum atomic E-state index is 11.9. The van der Waals surface area contributed by atoms with E-state index in [0.717, 1.165) is 28.6 Å². The summed E-state index contributed by atoms with van der Waals surface area (Å²) >= 11 is 3.44. The zero-order valence-electron chi connectivity index (χ0n) is 11.3. The van der Waals surface area contributed by atoms with Gasteiger partial charge in [-0.2, -0.15) is 0 Å². The number of hydrogen-bond donors (Lipinski definition) is 1. The summed E-state index contributed by atoms with van der Waals surface area (Å²) < 4.78 is 6.66. The standard InChI is InChI=1S/C14H19BrN2O2/c1-16-8-10-7-11(15)3-6-13(10)19-9-14(18)17(2)12-4-5-12/h3,6-7,12,16H,4-5,8-9H2,1-2H3. The SMILES string of the molecule is CNCc1cc(Br)ccc1OCC(=O)N(C)C1CC1. The number of ether oxygens (including phenoxy) is 1. The molecule has 5 heteroatoms. The number of nitrogens with one attached hydrogen (secondary N) is 1. The Morgan fingerprint density at radius 1 is 1.53 bits per heavy atom. The Labute approximate surface area is 122 Å². The van der Waals surface area contributed by atoms with Crippen molar-refractivity contribution in [3.63, 3.8) is 0 Å². The van der Waals surface area contributed by atoms with Gasteiger partial charge in [0.05, 0.1) is 0 Å². The van der Waals surface area contributed by atoms with Crippen LogP contribution in [0.4, 0.5) is 0 Å². The van der Waals surface area contributed by atoms with E-state index in [0.29, 0.717) is 12.6 Å². The number of carbonyl (C=O) groups is 1. The highest BCUT2D eigenvalue weighted by Crippen LogP contribution is 2.26. The third-order valence-electron chi connectivity index (χ3n) is 3.23. The van der Waals surface area contributed by atoms with Crippen LogP contribution in [0.5, 0.6) is 5.75 Å². The van der Waals surface area contributed by atoms with E-state index in [9.17, 15) is 4.79 Å². The Morgan fingerprint density at radius 3 is 2.89 bits per heavy atom. The molecule has 0 aliphatic heterocycles. The van der Waals surface area contributed by atoms with Crippen LogP contribution in [0.1, 0.15) is 18.4 Å². The van der Waals surface area contributed by atoms with Crippen molar-refractivity contribution in [2.24, 2.45) is 0 Å². The van der Waals surface area contributed by atoms with Gasteiger partial charge in [0.15, 0.2) is 6.61 Å². The molecule has 1 amide bonds. The zero-order valence-corrected chi connectivity index (χ0v) is 12.9. The highest BCUT2D eigenvalue weighted by Gasteiger charge is 2.29. The molecule has 1 aliphatic rings. The Bertz CT molecular complexity index is 461. The van der Waals surface area contributed by atoms with Crippen LogP contribution < -0.4 is 10.1 Å². The molecule has 19 heavy (non-hydrogen) atoms. The van der Waals surface area contributed by atoms with Gasteiger partial charge >= 0.3 is 0 Å². The quantitative estimate of drug-likeness (QED) is 0.871. The molecule has 0 unspecified atom stereocenters. The first-order valence-electron chi connectivity index (χ1n) is 6.43. The summed E-state index contributed by atoms with van der Waals surface area (Å²) in [7, 11) is 3.73. The van der Waals surface area contributed by atoms with Gasteiger partial charge in [-0.25, -0.2) is 0 Å². The lowest BCUT2D eigenvalue weighted by Gasteiger charge is -2.17. The van der Waals surface area contributed by atoms with Crippen molar-refractivity contribution in [1.29, 1.82) is 0 Å². The molecule has 2 rings (SSSR count). The van der Waals surface area contributed by atoms with Crippen molar-refractivity contribution >= 4 is 21.8 Å².